The molecule has 0 aliphatic heterocycles. The van der Waals surface area contributed by atoms with E-state index in [2.05, 4.69) is 219 Å². The zero-order chi connectivity index (χ0) is 38.1. The Labute approximate surface area is 337 Å². The van der Waals surface area contributed by atoms with Gasteiger partial charge in [0, 0.05) is 42.6 Å². The van der Waals surface area contributed by atoms with E-state index in [4.69, 9.17) is 0 Å². The highest BCUT2D eigenvalue weighted by atomic mass is 32.1. The van der Waals surface area contributed by atoms with E-state index in [0.717, 1.165) is 17.1 Å². The molecule has 0 fully saturated rings. The van der Waals surface area contributed by atoms with Gasteiger partial charge in [0.15, 0.2) is 0 Å². The van der Waals surface area contributed by atoms with Gasteiger partial charge in [-0.1, -0.05) is 153 Å². The van der Waals surface area contributed by atoms with Crippen LogP contribution in [-0.4, -0.2) is 0 Å². The van der Waals surface area contributed by atoms with Crippen LogP contribution >= 0.6 is 11.3 Å². The molecule has 0 bridgehead atoms. The predicted molar refractivity (Wildman–Crippen MR) is 245 cm³/mol. The predicted octanol–water partition coefficient (Wildman–Crippen LogP) is 16.0. The molecule has 270 valence electrons. The SMILES string of the molecule is CC1(C)c2ccccc2-c2ccc(-c3ccc(N(c4ccc(-c5cccc(-c6ccc7ccccc7c6)c5)cc4)c4ccc5c(c4)sc4ccccc45)cc3)cc21. The maximum Gasteiger partial charge on any atom is 0.0476 e. The normalized spacial score (nSPS) is 12.9. The van der Waals surface area contributed by atoms with Gasteiger partial charge in [-0.25, -0.2) is 0 Å². The third-order valence-corrected chi connectivity index (χ3v) is 13.2. The zero-order valence-corrected chi connectivity index (χ0v) is 32.7. The van der Waals surface area contributed by atoms with E-state index in [1.165, 1.54) is 86.6 Å². The summed E-state index contributed by atoms with van der Waals surface area (Å²) in [5, 5.41) is 5.14. The summed E-state index contributed by atoms with van der Waals surface area (Å²) in [6, 6.07) is 73.9. The Morgan fingerprint density at radius 3 is 1.70 bits per heavy atom. The Balaban J connectivity index is 0.964. The van der Waals surface area contributed by atoms with E-state index in [1.807, 2.05) is 11.3 Å². The number of thiophene rings is 1. The largest absolute Gasteiger partial charge is 0.310 e. The molecular weight excluding hydrogens is 707 g/mol. The van der Waals surface area contributed by atoms with Crippen LogP contribution in [0.2, 0.25) is 0 Å². The molecule has 10 aromatic rings. The molecular formula is C55H39NS. The van der Waals surface area contributed by atoms with E-state index in [-0.39, 0.29) is 5.41 Å². The van der Waals surface area contributed by atoms with Crippen LogP contribution in [-0.2, 0) is 5.41 Å². The van der Waals surface area contributed by atoms with Crippen LogP contribution in [0, 0.1) is 0 Å². The van der Waals surface area contributed by atoms with Crippen molar-refractivity contribution in [3.63, 3.8) is 0 Å². The lowest BCUT2D eigenvalue weighted by Crippen LogP contribution is -2.14. The number of nitrogens with zero attached hydrogens (tertiary/aromatic N) is 1. The van der Waals surface area contributed by atoms with Crippen molar-refractivity contribution < 1.29 is 0 Å². The molecule has 57 heavy (non-hydrogen) atoms. The van der Waals surface area contributed by atoms with Gasteiger partial charge in [-0.2, -0.15) is 0 Å². The number of hydrogen-bond donors (Lipinski definition) is 0. The van der Waals surface area contributed by atoms with Crippen LogP contribution in [0.1, 0.15) is 25.0 Å². The maximum atomic E-state index is 2.41. The summed E-state index contributed by atoms with van der Waals surface area (Å²) in [7, 11) is 0. The van der Waals surface area contributed by atoms with Crippen LogP contribution in [0.25, 0.3) is 75.5 Å². The third kappa shape index (κ3) is 5.67. The molecule has 0 amide bonds. The molecule has 0 saturated carbocycles. The lowest BCUT2D eigenvalue weighted by atomic mass is 9.81. The molecule has 2 heteroatoms. The highest BCUT2D eigenvalue weighted by Crippen LogP contribution is 2.50. The van der Waals surface area contributed by atoms with Crippen LogP contribution in [0.15, 0.2) is 200 Å². The smallest absolute Gasteiger partial charge is 0.0476 e. The number of hydrogen-bond acceptors (Lipinski definition) is 2. The van der Waals surface area contributed by atoms with Crippen LogP contribution in [0.5, 0.6) is 0 Å². The van der Waals surface area contributed by atoms with Crippen molar-refractivity contribution in [1.29, 1.82) is 0 Å². The fourth-order valence-corrected chi connectivity index (χ4v) is 10.2. The van der Waals surface area contributed by atoms with E-state index in [1.54, 1.807) is 0 Å². The van der Waals surface area contributed by atoms with Crippen molar-refractivity contribution in [2.75, 3.05) is 4.90 Å². The summed E-state index contributed by atoms with van der Waals surface area (Å²) in [6.07, 6.45) is 0. The van der Waals surface area contributed by atoms with E-state index in [9.17, 15) is 0 Å². The number of fused-ring (bicyclic) bond motifs is 7. The van der Waals surface area contributed by atoms with Gasteiger partial charge >= 0.3 is 0 Å². The number of rotatable bonds is 6. The highest BCUT2D eigenvalue weighted by Gasteiger charge is 2.35. The Bertz CT molecular complexity index is 3150. The van der Waals surface area contributed by atoms with Gasteiger partial charge in [-0.3, -0.25) is 0 Å². The molecule has 0 N–H and O–H groups in total. The standard InChI is InChI=1S/C55H39NS/c1-55(2)51-16-7-5-14-47(51)48-30-24-43(34-52(48)55)38-22-27-45(28-23-38)56(46-29-31-50-49-15-6-8-17-53(49)57-54(50)35-46)44-25-20-37(21-26-44)40-12-9-13-41(32-40)42-19-18-36-10-3-4-11-39(36)33-42/h3-35H,1-2H3. The monoisotopic (exact) mass is 745 g/mol. The minimum absolute atomic E-state index is 0.0339. The minimum atomic E-state index is -0.0339. The molecule has 0 atom stereocenters. The highest BCUT2D eigenvalue weighted by molar-refractivity contribution is 7.25. The van der Waals surface area contributed by atoms with Crippen LogP contribution in [0.3, 0.4) is 0 Å². The number of benzene rings is 9. The van der Waals surface area contributed by atoms with Crippen molar-refractivity contribution in [3.05, 3.63) is 211 Å². The first-order chi connectivity index (χ1) is 28.0. The molecule has 1 nitrogen and oxygen atoms in total. The van der Waals surface area contributed by atoms with E-state index >= 15 is 0 Å². The van der Waals surface area contributed by atoms with Crippen molar-refractivity contribution >= 4 is 59.3 Å². The third-order valence-electron chi connectivity index (χ3n) is 12.1. The fourth-order valence-electron chi connectivity index (χ4n) is 9.04. The summed E-state index contributed by atoms with van der Waals surface area (Å²) < 4.78 is 2.61. The average molecular weight is 746 g/mol. The van der Waals surface area contributed by atoms with Gasteiger partial charge in [-0.15, -0.1) is 11.3 Å². The second-order valence-electron chi connectivity index (χ2n) is 15.8. The average Bonchev–Trinajstić information content (AvgIpc) is 3.75. The molecule has 0 spiro atoms. The summed E-state index contributed by atoms with van der Waals surface area (Å²) in [6.45, 7) is 4.70. The van der Waals surface area contributed by atoms with Crippen molar-refractivity contribution in [2.45, 2.75) is 19.3 Å². The molecule has 1 aliphatic carbocycles. The summed E-state index contributed by atoms with van der Waals surface area (Å²) in [5.41, 5.74) is 16.2. The minimum Gasteiger partial charge on any atom is -0.310 e. The van der Waals surface area contributed by atoms with E-state index < -0.39 is 0 Å². The summed E-state index contributed by atoms with van der Waals surface area (Å²) >= 11 is 1.86. The lowest BCUT2D eigenvalue weighted by Gasteiger charge is -2.26. The molecule has 1 heterocycles. The van der Waals surface area contributed by atoms with Gasteiger partial charge in [0.1, 0.15) is 0 Å². The van der Waals surface area contributed by atoms with Crippen LogP contribution < -0.4 is 4.90 Å². The topological polar surface area (TPSA) is 3.24 Å². The van der Waals surface area contributed by atoms with Crippen LogP contribution in [0.4, 0.5) is 17.1 Å². The number of anilines is 3. The molecule has 1 aromatic heterocycles. The Morgan fingerprint density at radius 1 is 0.351 bits per heavy atom. The zero-order valence-electron chi connectivity index (χ0n) is 31.9. The fraction of sp³-hybridized carbons (Fsp3) is 0.0545. The second kappa shape index (κ2) is 13.2. The Kier molecular flexibility index (Phi) is 7.77. The molecule has 0 unspecified atom stereocenters. The van der Waals surface area contributed by atoms with Gasteiger partial charge in [0.25, 0.3) is 0 Å². The quantitative estimate of drug-likeness (QED) is 0.164. The maximum absolute atomic E-state index is 2.41. The van der Waals surface area contributed by atoms with Crippen molar-refractivity contribution in [1.82, 2.24) is 0 Å². The molecule has 11 rings (SSSR count). The molecule has 1 aliphatic rings. The molecule has 0 saturated heterocycles. The summed E-state index contributed by atoms with van der Waals surface area (Å²) in [5.74, 6) is 0. The first kappa shape index (κ1) is 33.6. The molecule has 0 radical (unpaired) electrons. The van der Waals surface area contributed by atoms with Crippen molar-refractivity contribution in [2.24, 2.45) is 0 Å². The van der Waals surface area contributed by atoms with Gasteiger partial charge in [0.05, 0.1) is 0 Å². The first-order valence-corrected chi connectivity index (χ1v) is 20.6. The first-order valence-electron chi connectivity index (χ1n) is 19.7. The van der Waals surface area contributed by atoms with Gasteiger partial charge in [-0.05, 0) is 127 Å². The lowest BCUT2D eigenvalue weighted by molar-refractivity contribution is 0.660. The van der Waals surface area contributed by atoms with Gasteiger partial charge in [0.2, 0.25) is 0 Å². The van der Waals surface area contributed by atoms with Crippen molar-refractivity contribution in [3.8, 4) is 44.5 Å². The van der Waals surface area contributed by atoms with E-state index in [0.29, 0.717) is 0 Å². The Hall–Kier alpha value is -6.74. The molecule has 9 aromatic carbocycles. The Morgan fingerprint density at radius 2 is 0.912 bits per heavy atom. The van der Waals surface area contributed by atoms with Gasteiger partial charge < -0.3 is 4.90 Å². The second-order valence-corrected chi connectivity index (χ2v) is 16.9. The summed E-state index contributed by atoms with van der Waals surface area (Å²) in [4.78, 5) is 2.39.